The molecule has 0 aliphatic heterocycles. The van der Waals surface area contributed by atoms with Crippen LogP contribution in [0.3, 0.4) is 0 Å². The molecule has 0 saturated heterocycles. The van der Waals surface area contributed by atoms with E-state index in [2.05, 4.69) is 48.4 Å². The summed E-state index contributed by atoms with van der Waals surface area (Å²) >= 11 is 3.18. The quantitative estimate of drug-likeness (QED) is 0.514. The van der Waals surface area contributed by atoms with Crippen molar-refractivity contribution in [2.75, 3.05) is 6.54 Å². The minimum absolute atomic E-state index is 0.0454. The molecule has 0 amide bonds. The maximum Gasteiger partial charge on any atom is 0.260 e. The molecular formula is C21H22N3OS2+. The molecule has 138 valence electrons. The number of hydrogen-bond donors (Lipinski definition) is 2. The van der Waals surface area contributed by atoms with E-state index in [-0.39, 0.29) is 11.6 Å². The number of H-pyrrole nitrogens is 1. The first-order valence-corrected chi connectivity index (χ1v) is 10.8. The molecule has 0 unspecified atom stereocenters. The molecule has 0 fully saturated rings. The number of fused-ring (bicyclic) bond motifs is 1. The van der Waals surface area contributed by atoms with E-state index in [9.17, 15) is 4.79 Å². The summed E-state index contributed by atoms with van der Waals surface area (Å²) in [6, 6.07) is 14.7. The molecule has 0 saturated carbocycles. The molecule has 4 aromatic rings. The minimum atomic E-state index is -0.0454. The van der Waals surface area contributed by atoms with Crippen LogP contribution in [-0.2, 0) is 0 Å². The van der Waals surface area contributed by atoms with Gasteiger partial charge in [0.1, 0.15) is 10.9 Å². The Morgan fingerprint density at radius 1 is 1.11 bits per heavy atom. The van der Waals surface area contributed by atoms with Crippen molar-refractivity contribution in [3.8, 4) is 10.4 Å². The number of rotatable bonds is 6. The molecule has 0 aliphatic rings. The lowest BCUT2D eigenvalue weighted by Gasteiger charge is -2.14. The number of hydrogen-bond acceptors (Lipinski definition) is 4. The highest BCUT2D eigenvalue weighted by Gasteiger charge is 2.18. The first-order chi connectivity index (χ1) is 13.1. The Hall–Kier alpha value is -2.28. The molecule has 0 bridgehead atoms. The van der Waals surface area contributed by atoms with Gasteiger partial charge in [-0.3, -0.25) is 4.79 Å². The molecule has 0 aliphatic carbocycles. The lowest BCUT2D eigenvalue weighted by molar-refractivity contribution is -0.695. The van der Waals surface area contributed by atoms with Gasteiger partial charge in [0.15, 0.2) is 5.82 Å². The number of thiophene rings is 2. The van der Waals surface area contributed by atoms with Crippen LogP contribution in [0.15, 0.2) is 58.0 Å². The Morgan fingerprint density at radius 2 is 1.93 bits per heavy atom. The van der Waals surface area contributed by atoms with E-state index in [0.717, 1.165) is 27.6 Å². The second-order valence-corrected chi connectivity index (χ2v) is 8.64. The van der Waals surface area contributed by atoms with E-state index >= 15 is 0 Å². The lowest BCUT2D eigenvalue weighted by Crippen LogP contribution is -2.85. The largest absolute Gasteiger partial charge is 0.337 e. The maximum atomic E-state index is 12.7. The van der Waals surface area contributed by atoms with Crippen LogP contribution in [0, 0.1) is 0 Å². The van der Waals surface area contributed by atoms with Gasteiger partial charge in [0.2, 0.25) is 0 Å². The van der Waals surface area contributed by atoms with Gasteiger partial charge in [0.05, 0.1) is 11.9 Å². The van der Waals surface area contributed by atoms with Crippen LogP contribution in [0.1, 0.15) is 37.2 Å². The highest BCUT2D eigenvalue weighted by Crippen LogP contribution is 2.33. The van der Waals surface area contributed by atoms with Crippen LogP contribution in [-0.4, -0.2) is 16.5 Å². The zero-order valence-corrected chi connectivity index (χ0v) is 16.9. The molecule has 0 spiro atoms. The normalized spacial score (nSPS) is 13.7. The number of nitrogens with two attached hydrogens (primary N) is 1. The number of nitrogens with one attached hydrogen (secondary N) is 1. The molecule has 6 heteroatoms. The highest BCUT2D eigenvalue weighted by atomic mass is 32.1. The van der Waals surface area contributed by atoms with Gasteiger partial charge < -0.3 is 10.3 Å². The molecule has 0 radical (unpaired) electrons. The molecule has 3 heterocycles. The summed E-state index contributed by atoms with van der Waals surface area (Å²) in [4.78, 5) is 22.4. The van der Waals surface area contributed by atoms with Crippen molar-refractivity contribution in [3.63, 3.8) is 0 Å². The van der Waals surface area contributed by atoms with E-state index in [0.29, 0.717) is 11.3 Å². The predicted octanol–water partition coefficient (Wildman–Crippen LogP) is 4.14. The van der Waals surface area contributed by atoms with Crippen LogP contribution in [0.5, 0.6) is 0 Å². The van der Waals surface area contributed by atoms with Gasteiger partial charge in [0, 0.05) is 21.7 Å². The number of nitrogens with zero attached hydrogens (tertiary/aromatic N) is 1. The third-order valence-electron chi connectivity index (χ3n) is 4.89. The average Bonchev–Trinajstić information content (AvgIpc) is 3.36. The van der Waals surface area contributed by atoms with Gasteiger partial charge in [-0.2, -0.15) is 0 Å². The fourth-order valence-electron chi connectivity index (χ4n) is 3.23. The Bertz CT molecular complexity index is 1080. The van der Waals surface area contributed by atoms with E-state index in [1.165, 1.54) is 5.56 Å². The smallest absolute Gasteiger partial charge is 0.260 e. The van der Waals surface area contributed by atoms with Gasteiger partial charge in [-0.05, 0) is 23.9 Å². The van der Waals surface area contributed by atoms with Crippen molar-refractivity contribution in [1.82, 2.24) is 9.97 Å². The third kappa shape index (κ3) is 3.74. The van der Waals surface area contributed by atoms with E-state index in [1.807, 2.05) is 29.0 Å². The van der Waals surface area contributed by atoms with Gasteiger partial charge in [-0.1, -0.05) is 43.3 Å². The zero-order chi connectivity index (χ0) is 18.8. The van der Waals surface area contributed by atoms with Crippen molar-refractivity contribution in [2.24, 2.45) is 0 Å². The molecule has 2 atom stereocenters. The predicted molar refractivity (Wildman–Crippen MR) is 114 cm³/mol. The summed E-state index contributed by atoms with van der Waals surface area (Å²) in [6.45, 7) is 5.26. The molecule has 3 aromatic heterocycles. The van der Waals surface area contributed by atoms with Gasteiger partial charge in [0.25, 0.3) is 5.56 Å². The number of quaternary nitrogens is 1. The number of aromatic amines is 1. The summed E-state index contributed by atoms with van der Waals surface area (Å²) < 4.78 is 0. The molecule has 27 heavy (non-hydrogen) atoms. The van der Waals surface area contributed by atoms with E-state index in [4.69, 9.17) is 4.98 Å². The van der Waals surface area contributed by atoms with Gasteiger partial charge >= 0.3 is 0 Å². The van der Waals surface area contributed by atoms with Crippen LogP contribution < -0.4 is 10.9 Å². The second kappa shape index (κ2) is 7.76. The average molecular weight is 397 g/mol. The summed E-state index contributed by atoms with van der Waals surface area (Å²) in [7, 11) is 0. The maximum absolute atomic E-state index is 12.7. The summed E-state index contributed by atoms with van der Waals surface area (Å²) in [5, 5.41) is 7.01. The van der Waals surface area contributed by atoms with Crippen molar-refractivity contribution in [3.05, 3.63) is 75.0 Å². The Labute approximate surface area is 165 Å². The van der Waals surface area contributed by atoms with Gasteiger partial charge in [-0.15, -0.1) is 22.7 Å². The fourth-order valence-corrected chi connectivity index (χ4v) is 5.00. The molecule has 4 nitrogen and oxygen atoms in total. The fraction of sp³-hybridized carbons (Fsp3) is 0.238. The Kier molecular flexibility index (Phi) is 5.20. The van der Waals surface area contributed by atoms with Crippen molar-refractivity contribution in [2.45, 2.75) is 25.8 Å². The lowest BCUT2D eigenvalue weighted by atomic mass is 10.0. The monoisotopic (exact) mass is 396 g/mol. The number of benzene rings is 1. The second-order valence-electron chi connectivity index (χ2n) is 6.83. The summed E-state index contributed by atoms with van der Waals surface area (Å²) in [6.07, 6.45) is 0. The third-order valence-corrected chi connectivity index (χ3v) is 6.67. The number of aromatic nitrogens is 2. The van der Waals surface area contributed by atoms with Crippen molar-refractivity contribution >= 4 is 32.9 Å². The SMILES string of the molecule is C[C@H](C[NH2+][C@H](C)c1nc2scc(-c3cccs3)c2c(=O)[nH]1)c1ccccc1. The van der Waals surface area contributed by atoms with E-state index in [1.54, 1.807) is 22.7 Å². The highest BCUT2D eigenvalue weighted by molar-refractivity contribution is 7.18. The summed E-state index contributed by atoms with van der Waals surface area (Å²) in [5.41, 5.74) is 2.27. The zero-order valence-electron chi connectivity index (χ0n) is 15.3. The van der Waals surface area contributed by atoms with Crippen LogP contribution in [0.25, 0.3) is 20.7 Å². The molecular weight excluding hydrogens is 374 g/mol. The molecule has 4 rings (SSSR count). The standard InChI is InChI=1S/C21H21N3OS2/c1-13(15-7-4-3-5-8-15)11-22-14(2)19-23-20(25)18-16(12-27-21(18)24-19)17-9-6-10-26-17/h3-10,12-14,22H,11H2,1-2H3,(H,23,24,25)/p+1/t13-,14-/m1/s1. The Balaban J connectivity index is 1.54. The minimum Gasteiger partial charge on any atom is -0.337 e. The Morgan fingerprint density at radius 3 is 2.67 bits per heavy atom. The van der Waals surface area contributed by atoms with Gasteiger partial charge in [-0.25, -0.2) is 4.98 Å². The first-order valence-electron chi connectivity index (χ1n) is 9.07. The van der Waals surface area contributed by atoms with Crippen molar-refractivity contribution in [1.29, 1.82) is 0 Å². The van der Waals surface area contributed by atoms with Crippen molar-refractivity contribution < 1.29 is 5.32 Å². The van der Waals surface area contributed by atoms with Crippen LogP contribution in [0.4, 0.5) is 0 Å². The first kappa shape index (κ1) is 18.1. The topological polar surface area (TPSA) is 62.4 Å². The van der Waals surface area contributed by atoms with Crippen LogP contribution in [0.2, 0.25) is 0 Å². The van der Waals surface area contributed by atoms with E-state index < -0.39 is 0 Å². The summed E-state index contributed by atoms with van der Waals surface area (Å²) in [5.74, 6) is 1.18. The molecule has 1 aromatic carbocycles. The van der Waals surface area contributed by atoms with Crippen LogP contribution >= 0.6 is 22.7 Å². The molecule has 3 N–H and O–H groups in total.